The van der Waals surface area contributed by atoms with Gasteiger partial charge < -0.3 is 10.1 Å². The van der Waals surface area contributed by atoms with Crippen molar-refractivity contribution in [3.05, 3.63) is 56.8 Å². The Bertz CT molecular complexity index is 1130. The average molecular weight is 363 g/mol. The lowest BCUT2D eigenvalue weighted by Gasteiger charge is -2.03. The smallest absolute Gasteiger partial charge is 0.252 e. The second kappa shape index (κ2) is 5.23. The Morgan fingerprint density at radius 1 is 1.09 bits per heavy atom. The van der Waals surface area contributed by atoms with Crippen LogP contribution in [0.3, 0.4) is 0 Å². The molecular formula is C16H8Cl2N2O2S. The quantitative estimate of drug-likeness (QED) is 0.510. The van der Waals surface area contributed by atoms with Crippen LogP contribution in [0.15, 0.2) is 41.2 Å². The Hall–Kier alpha value is -2.08. The van der Waals surface area contributed by atoms with Crippen molar-refractivity contribution in [3.63, 3.8) is 0 Å². The van der Waals surface area contributed by atoms with E-state index in [9.17, 15) is 9.90 Å². The molecule has 0 aliphatic carbocycles. The van der Waals surface area contributed by atoms with Gasteiger partial charge in [0, 0.05) is 17.0 Å². The third kappa shape index (κ3) is 2.37. The molecule has 114 valence electrons. The Morgan fingerprint density at radius 3 is 2.70 bits per heavy atom. The number of nitrogens with zero attached hydrogens (tertiary/aromatic N) is 1. The van der Waals surface area contributed by atoms with Crippen LogP contribution in [0.25, 0.3) is 31.7 Å². The van der Waals surface area contributed by atoms with E-state index in [1.807, 2.05) is 18.2 Å². The Morgan fingerprint density at radius 2 is 1.91 bits per heavy atom. The van der Waals surface area contributed by atoms with Crippen molar-refractivity contribution in [3.8, 4) is 17.0 Å². The fraction of sp³-hybridized carbons (Fsp3) is 0. The van der Waals surface area contributed by atoms with Gasteiger partial charge in [0.1, 0.15) is 10.6 Å². The van der Waals surface area contributed by atoms with Crippen molar-refractivity contribution in [2.24, 2.45) is 0 Å². The number of thiophene rings is 1. The highest BCUT2D eigenvalue weighted by molar-refractivity contribution is 7.25. The molecule has 7 heteroatoms. The van der Waals surface area contributed by atoms with Gasteiger partial charge in [-0.1, -0.05) is 29.3 Å². The molecule has 0 unspecified atom stereocenters. The molecule has 0 bridgehead atoms. The van der Waals surface area contributed by atoms with E-state index in [1.165, 1.54) is 11.3 Å². The maximum Gasteiger partial charge on any atom is 0.252 e. The number of halogens is 2. The summed E-state index contributed by atoms with van der Waals surface area (Å²) in [7, 11) is 0. The molecule has 4 nitrogen and oxygen atoms in total. The summed E-state index contributed by atoms with van der Waals surface area (Å²) in [6, 6.07) is 10.2. The van der Waals surface area contributed by atoms with Crippen LogP contribution in [0.1, 0.15) is 0 Å². The summed E-state index contributed by atoms with van der Waals surface area (Å²) in [5, 5.41) is 11.7. The maximum atomic E-state index is 11.5. The topological polar surface area (TPSA) is 66.0 Å². The summed E-state index contributed by atoms with van der Waals surface area (Å²) >= 11 is 13.3. The van der Waals surface area contributed by atoms with Gasteiger partial charge in [0.15, 0.2) is 0 Å². The third-order valence-corrected chi connectivity index (χ3v) is 5.38. The molecule has 4 aromatic rings. The third-order valence-electron chi connectivity index (χ3n) is 3.52. The SMILES string of the molecule is O=c1cc(O)c2sc3nc(-c4ccc(Cl)c(Cl)c4)ccc3c2[nH]1. The summed E-state index contributed by atoms with van der Waals surface area (Å²) in [5.41, 5.74) is 1.84. The van der Waals surface area contributed by atoms with Crippen molar-refractivity contribution in [2.75, 3.05) is 0 Å². The molecule has 0 atom stereocenters. The number of rotatable bonds is 1. The molecule has 0 saturated heterocycles. The van der Waals surface area contributed by atoms with Crippen molar-refractivity contribution in [1.29, 1.82) is 0 Å². The van der Waals surface area contributed by atoms with Gasteiger partial charge in [-0.25, -0.2) is 4.98 Å². The molecule has 0 radical (unpaired) electrons. The molecular weight excluding hydrogens is 355 g/mol. The van der Waals surface area contributed by atoms with Gasteiger partial charge in [0.05, 0.1) is 26.0 Å². The molecule has 1 aromatic carbocycles. The zero-order chi connectivity index (χ0) is 16.1. The van der Waals surface area contributed by atoms with Gasteiger partial charge in [-0.3, -0.25) is 4.79 Å². The Balaban J connectivity index is 1.97. The molecule has 0 aliphatic heterocycles. The van der Waals surface area contributed by atoms with E-state index in [0.717, 1.165) is 27.5 Å². The van der Waals surface area contributed by atoms with E-state index < -0.39 is 0 Å². The lowest BCUT2D eigenvalue weighted by molar-refractivity contribution is 0.481. The minimum Gasteiger partial charge on any atom is -0.506 e. The number of H-pyrrole nitrogens is 1. The monoisotopic (exact) mass is 362 g/mol. The molecule has 0 fully saturated rings. The second-order valence-corrected chi connectivity index (χ2v) is 6.82. The van der Waals surface area contributed by atoms with Crippen LogP contribution in [0, 0.1) is 0 Å². The number of pyridine rings is 2. The predicted octanol–water partition coefficient (Wildman–Crippen LogP) is 4.82. The number of fused-ring (bicyclic) bond motifs is 3. The lowest BCUT2D eigenvalue weighted by Crippen LogP contribution is -2.01. The Kier molecular flexibility index (Phi) is 3.30. The fourth-order valence-electron chi connectivity index (χ4n) is 2.45. The highest BCUT2D eigenvalue weighted by atomic mass is 35.5. The number of hydrogen-bond acceptors (Lipinski definition) is 4. The second-order valence-electron chi connectivity index (χ2n) is 5.00. The van der Waals surface area contributed by atoms with Gasteiger partial charge >= 0.3 is 0 Å². The first-order chi connectivity index (χ1) is 11.0. The number of aromatic hydroxyl groups is 1. The molecule has 0 aliphatic rings. The zero-order valence-electron chi connectivity index (χ0n) is 11.4. The van der Waals surface area contributed by atoms with Crippen LogP contribution in [0.4, 0.5) is 0 Å². The van der Waals surface area contributed by atoms with Crippen molar-refractivity contribution >= 4 is 55.0 Å². The van der Waals surface area contributed by atoms with Gasteiger partial charge in [0.25, 0.3) is 5.56 Å². The van der Waals surface area contributed by atoms with Crippen LogP contribution in [-0.4, -0.2) is 15.1 Å². The predicted molar refractivity (Wildman–Crippen MR) is 94.9 cm³/mol. The summed E-state index contributed by atoms with van der Waals surface area (Å²) in [4.78, 5) is 19.6. The van der Waals surface area contributed by atoms with Gasteiger partial charge in [-0.2, -0.15) is 0 Å². The highest BCUT2D eigenvalue weighted by Gasteiger charge is 2.12. The van der Waals surface area contributed by atoms with E-state index in [0.29, 0.717) is 20.3 Å². The first-order valence-corrected chi connectivity index (χ1v) is 8.21. The summed E-state index contributed by atoms with van der Waals surface area (Å²) in [6.07, 6.45) is 0. The van der Waals surface area contributed by atoms with Crippen LogP contribution >= 0.6 is 34.5 Å². The normalized spacial score (nSPS) is 11.4. The zero-order valence-corrected chi connectivity index (χ0v) is 13.8. The Labute approximate surface area is 143 Å². The lowest BCUT2D eigenvalue weighted by atomic mass is 10.1. The largest absolute Gasteiger partial charge is 0.506 e. The molecule has 0 saturated carbocycles. The van der Waals surface area contributed by atoms with Crippen molar-refractivity contribution in [2.45, 2.75) is 0 Å². The molecule has 2 N–H and O–H groups in total. The standard InChI is InChI=1S/C16H8Cl2N2O2S/c17-9-3-1-7(5-10(9)18)11-4-2-8-14-15(23-16(8)19-11)12(21)6-13(22)20-14/h1-6H,(H2,20,21,22). The highest BCUT2D eigenvalue weighted by Crippen LogP contribution is 2.37. The fourth-order valence-corrected chi connectivity index (χ4v) is 3.79. The van der Waals surface area contributed by atoms with E-state index in [1.54, 1.807) is 12.1 Å². The average Bonchev–Trinajstić information content (AvgIpc) is 2.88. The minimum atomic E-state index is -0.344. The molecule has 4 rings (SSSR count). The minimum absolute atomic E-state index is 0.0390. The van der Waals surface area contributed by atoms with Crippen LogP contribution in [0.2, 0.25) is 10.0 Å². The summed E-state index contributed by atoms with van der Waals surface area (Å²) in [5.74, 6) is -0.0390. The van der Waals surface area contributed by atoms with Gasteiger partial charge in [0.2, 0.25) is 0 Å². The number of aromatic nitrogens is 2. The van der Waals surface area contributed by atoms with Crippen LogP contribution in [-0.2, 0) is 0 Å². The molecule has 23 heavy (non-hydrogen) atoms. The van der Waals surface area contributed by atoms with Crippen LogP contribution in [0.5, 0.6) is 5.75 Å². The number of hydrogen-bond donors (Lipinski definition) is 2. The first-order valence-electron chi connectivity index (χ1n) is 6.64. The number of benzene rings is 1. The number of aromatic amines is 1. The van der Waals surface area contributed by atoms with Gasteiger partial charge in [-0.15, -0.1) is 11.3 Å². The molecule has 3 aromatic heterocycles. The van der Waals surface area contributed by atoms with E-state index in [4.69, 9.17) is 23.2 Å². The van der Waals surface area contributed by atoms with E-state index in [2.05, 4.69) is 9.97 Å². The van der Waals surface area contributed by atoms with E-state index >= 15 is 0 Å². The van der Waals surface area contributed by atoms with Crippen molar-refractivity contribution in [1.82, 2.24) is 9.97 Å². The number of nitrogens with one attached hydrogen (secondary N) is 1. The molecule has 0 amide bonds. The summed E-state index contributed by atoms with van der Waals surface area (Å²) < 4.78 is 0.610. The molecule has 0 spiro atoms. The van der Waals surface area contributed by atoms with Crippen LogP contribution < -0.4 is 5.56 Å². The van der Waals surface area contributed by atoms with Gasteiger partial charge in [-0.05, 0) is 24.3 Å². The first kappa shape index (κ1) is 14.5. The summed E-state index contributed by atoms with van der Waals surface area (Å²) in [6.45, 7) is 0. The molecule has 3 heterocycles. The maximum absolute atomic E-state index is 11.5. The van der Waals surface area contributed by atoms with E-state index in [-0.39, 0.29) is 11.3 Å². The van der Waals surface area contributed by atoms with Crippen molar-refractivity contribution < 1.29 is 5.11 Å².